The fourth-order valence-electron chi connectivity index (χ4n) is 4.27. The molecule has 9 nitrogen and oxygen atoms in total. The number of benzene rings is 1. The number of aromatic hydroxyl groups is 1. The zero-order chi connectivity index (χ0) is 22.8. The van der Waals surface area contributed by atoms with E-state index in [1.54, 1.807) is 12.1 Å². The van der Waals surface area contributed by atoms with Gasteiger partial charge in [-0.25, -0.2) is 14.4 Å². The number of piperazine rings is 1. The zero-order valence-electron chi connectivity index (χ0n) is 18.1. The second-order valence-electron chi connectivity index (χ2n) is 8.21. The molecule has 5 aliphatic rings. The zero-order valence-corrected chi connectivity index (χ0v) is 18.1. The Morgan fingerprint density at radius 3 is 2.70 bits per heavy atom. The lowest BCUT2D eigenvalue weighted by Crippen LogP contribution is -2.49. The number of carbonyl (C=O) groups excluding carboxylic acids is 1. The number of nitrogens with zero attached hydrogens (tertiary/aromatic N) is 5. The highest BCUT2D eigenvalue weighted by Crippen LogP contribution is 2.32. The number of aliphatic imine (C=N–C) groups is 1. The van der Waals surface area contributed by atoms with Crippen LogP contribution in [0.1, 0.15) is 31.2 Å². The topological polar surface area (TPSA) is 107 Å². The van der Waals surface area contributed by atoms with Crippen LogP contribution < -0.4 is 9.64 Å². The van der Waals surface area contributed by atoms with E-state index >= 15 is 0 Å². The lowest BCUT2D eigenvalue weighted by molar-refractivity contribution is -0.131. The fraction of sp³-hybridized carbons (Fsp3) is 0.391. The summed E-state index contributed by atoms with van der Waals surface area (Å²) in [6.45, 7) is 2.86. The Morgan fingerprint density at radius 1 is 1.06 bits per heavy atom. The SMILES string of the molecule is O=C1CCCCCOc2ccc(cc2F)N=Cc2c(O)[nH]c3ncnc(c23)N2CCN1CC2. The molecule has 0 atom stereocenters. The smallest absolute Gasteiger partial charge is 0.222 e. The molecule has 172 valence electrons. The summed E-state index contributed by atoms with van der Waals surface area (Å²) in [6, 6.07) is 4.51. The van der Waals surface area contributed by atoms with Crippen LogP contribution in [0, 0.1) is 5.82 Å². The molecule has 5 aliphatic heterocycles. The van der Waals surface area contributed by atoms with Gasteiger partial charge in [-0.3, -0.25) is 9.79 Å². The minimum absolute atomic E-state index is 0.0909. The van der Waals surface area contributed by atoms with Crippen LogP contribution in [0.25, 0.3) is 11.0 Å². The molecule has 8 rings (SSSR count). The average Bonchev–Trinajstić information content (AvgIpc) is 3.15. The standard InChI is InChI=1S/C23H25FN6O3/c24-17-12-15-5-6-18(17)33-11-3-1-2-4-19(31)29-7-9-30(10-8-29)22-20-16(13-25-15)23(32)28-21(20)26-14-27-22/h5-6,12-14,32H,1-4,7-11H2,(H,26,27,28). The molecular weight excluding hydrogens is 427 g/mol. The van der Waals surface area contributed by atoms with Gasteiger partial charge in [-0.05, 0) is 31.4 Å². The fourth-order valence-corrected chi connectivity index (χ4v) is 4.27. The van der Waals surface area contributed by atoms with E-state index in [1.807, 2.05) is 4.90 Å². The second-order valence-corrected chi connectivity index (χ2v) is 8.21. The quantitative estimate of drug-likeness (QED) is 0.543. The highest BCUT2D eigenvalue weighted by molar-refractivity contribution is 6.06. The molecule has 1 aromatic carbocycles. The Morgan fingerprint density at radius 2 is 1.88 bits per heavy atom. The molecule has 2 N–H and O–H groups in total. The number of rotatable bonds is 0. The Hall–Kier alpha value is -3.69. The molecule has 0 unspecified atom stereocenters. The predicted octanol–water partition coefficient (Wildman–Crippen LogP) is 3.15. The van der Waals surface area contributed by atoms with Crippen LogP contribution in [0.3, 0.4) is 0 Å². The third kappa shape index (κ3) is 4.33. The minimum Gasteiger partial charge on any atom is -0.494 e. The van der Waals surface area contributed by atoms with Crippen molar-refractivity contribution in [2.24, 2.45) is 4.99 Å². The Bertz CT molecular complexity index is 1200. The summed E-state index contributed by atoms with van der Waals surface area (Å²) in [5, 5.41) is 11.1. The maximum absolute atomic E-state index is 14.5. The number of nitrogens with one attached hydrogen (secondary N) is 1. The van der Waals surface area contributed by atoms with E-state index < -0.39 is 5.82 Å². The number of hydrogen-bond donors (Lipinski definition) is 2. The van der Waals surface area contributed by atoms with Crippen LogP contribution in [0.5, 0.6) is 11.6 Å². The number of anilines is 1. The number of ether oxygens (including phenoxy) is 1. The number of aromatic amines is 1. The largest absolute Gasteiger partial charge is 0.494 e. The van der Waals surface area contributed by atoms with E-state index in [2.05, 4.69) is 24.8 Å². The number of amides is 1. The van der Waals surface area contributed by atoms with Crippen LogP contribution in [-0.4, -0.2) is 69.9 Å². The van der Waals surface area contributed by atoms with E-state index in [0.29, 0.717) is 67.3 Å². The van der Waals surface area contributed by atoms with Crippen molar-refractivity contribution in [2.75, 3.05) is 37.7 Å². The number of aromatic nitrogens is 3. The summed E-state index contributed by atoms with van der Waals surface area (Å²) in [7, 11) is 0. The van der Waals surface area contributed by atoms with E-state index in [-0.39, 0.29) is 17.5 Å². The highest BCUT2D eigenvalue weighted by Gasteiger charge is 2.25. The van der Waals surface area contributed by atoms with Crippen molar-refractivity contribution in [1.82, 2.24) is 19.9 Å². The van der Waals surface area contributed by atoms with Crippen LogP contribution in [0.4, 0.5) is 15.9 Å². The van der Waals surface area contributed by atoms with Crippen LogP contribution >= 0.6 is 0 Å². The Kier molecular flexibility index (Phi) is 5.80. The summed E-state index contributed by atoms with van der Waals surface area (Å²) >= 11 is 0. The average molecular weight is 452 g/mol. The van der Waals surface area contributed by atoms with Crippen molar-refractivity contribution >= 4 is 34.7 Å². The minimum atomic E-state index is -0.502. The monoisotopic (exact) mass is 452 g/mol. The van der Waals surface area contributed by atoms with Crippen molar-refractivity contribution in [3.63, 3.8) is 0 Å². The molecule has 0 spiro atoms. The third-order valence-electron chi connectivity index (χ3n) is 6.07. The van der Waals surface area contributed by atoms with Gasteiger partial charge in [-0.15, -0.1) is 0 Å². The number of carbonyl (C=O) groups is 1. The number of H-pyrrole nitrogens is 1. The molecule has 7 heterocycles. The van der Waals surface area contributed by atoms with Gasteiger partial charge in [0.15, 0.2) is 17.4 Å². The first kappa shape index (κ1) is 21.2. The first-order valence-corrected chi connectivity index (χ1v) is 11.1. The van der Waals surface area contributed by atoms with E-state index in [9.17, 15) is 14.3 Å². The molecule has 1 saturated heterocycles. The van der Waals surface area contributed by atoms with Crippen LogP contribution in [0.2, 0.25) is 0 Å². The van der Waals surface area contributed by atoms with Crippen molar-refractivity contribution in [1.29, 1.82) is 0 Å². The Labute approximate surface area is 189 Å². The molecule has 1 fully saturated rings. The molecule has 0 radical (unpaired) electrons. The van der Waals surface area contributed by atoms with Crippen LogP contribution in [-0.2, 0) is 4.79 Å². The summed E-state index contributed by atoms with van der Waals surface area (Å²) in [5.74, 6) is 0.381. The Balaban J connectivity index is 1.53. The van der Waals surface area contributed by atoms with Crippen molar-refractivity contribution < 1.29 is 19.0 Å². The normalized spacial score (nSPS) is 17.5. The summed E-state index contributed by atoms with van der Waals surface area (Å²) in [5.41, 5.74) is 1.30. The van der Waals surface area contributed by atoms with E-state index in [0.717, 1.165) is 19.3 Å². The lowest BCUT2D eigenvalue weighted by Gasteiger charge is -2.35. The molecule has 33 heavy (non-hydrogen) atoms. The van der Waals surface area contributed by atoms with Gasteiger partial charge < -0.3 is 24.6 Å². The number of halogens is 1. The number of hydrogen-bond acceptors (Lipinski definition) is 7. The summed E-state index contributed by atoms with van der Waals surface area (Å²) < 4.78 is 20.0. The first-order chi connectivity index (χ1) is 16.1. The second kappa shape index (κ2) is 9.05. The highest BCUT2D eigenvalue weighted by atomic mass is 19.1. The van der Waals surface area contributed by atoms with Gasteiger partial charge in [0, 0.05) is 44.9 Å². The van der Waals surface area contributed by atoms with Crippen molar-refractivity contribution in [3.8, 4) is 11.6 Å². The molecule has 3 aromatic rings. The van der Waals surface area contributed by atoms with Crippen molar-refractivity contribution in [2.45, 2.75) is 25.7 Å². The maximum atomic E-state index is 14.5. The lowest BCUT2D eigenvalue weighted by atomic mass is 10.1. The predicted molar refractivity (Wildman–Crippen MR) is 122 cm³/mol. The first-order valence-electron chi connectivity index (χ1n) is 11.1. The van der Waals surface area contributed by atoms with Gasteiger partial charge >= 0.3 is 0 Å². The van der Waals surface area contributed by atoms with Gasteiger partial charge in [0.05, 0.1) is 23.2 Å². The third-order valence-corrected chi connectivity index (χ3v) is 6.07. The maximum Gasteiger partial charge on any atom is 0.222 e. The van der Waals surface area contributed by atoms with Gasteiger partial charge in [-0.1, -0.05) is 0 Å². The summed E-state index contributed by atoms with van der Waals surface area (Å²) in [4.78, 5) is 32.5. The summed E-state index contributed by atoms with van der Waals surface area (Å²) in [6.07, 6.45) is 5.78. The molecular formula is C23H25FN6O3. The van der Waals surface area contributed by atoms with Gasteiger partial charge in [0.25, 0.3) is 0 Å². The van der Waals surface area contributed by atoms with Gasteiger partial charge in [-0.2, -0.15) is 0 Å². The molecule has 2 aromatic heterocycles. The molecule has 10 heteroatoms. The molecule has 0 saturated carbocycles. The molecule has 0 aliphatic carbocycles. The van der Waals surface area contributed by atoms with Gasteiger partial charge in [0.1, 0.15) is 17.8 Å². The van der Waals surface area contributed by atoms with E-state index in [4.69, 9.17) is 4.74 Å². The van der Waals surface area contributed by atoms with Gasteiger partial charge in [0.2, 0.25) is 5.91 Å². The van der Waals surface area contributed by atoms with E-state index in [1.165, 1.54) is 18.6 Å². The van der Waals surface area contributed by atoms with Crippen LogP contribution in [0.15, 0.2) is 29.5 Å². The molecule has 1 amide bonds. The van der Waals surface area contributed by atoms with Crippen molar-refractivity contribution in [3.05, 3.63) is 35.9 Å². The molecule has 4 bridgehead atoms.